The van der Waals surface area contributed by atoms with Gasteiger partial charge in [0.1, 0.15) is 6.20 Å². The van der Waals surface area contributed by atoms with Gasteiger partial charge < -0.3 is 4.74 Å². The number of H-pyrrole nitrogens is 1. The van der Waals surface area contributed by atoms with Gasteiger partial charge in [-0.05, 0) is 31.5 Å². The number of carbonyl (C=O) groups excluding carboxylic acids is 1. The van der Waals surface area contributed by atoms with Crippen LogP contribution in [0.3, 0.4) is 0 Å². The van der Waals surface area contributed by atoms with Crippen LogP contribution < -0.4 is 4.57 Å². The number of hydrogen-bond donors (Lipinski definition) is 1. The van der Waals surface area contributed by atoms with E-state index in [0.717, 1.165) is 29.2 Å². The van der Waals surface area contributed by atoms with Gasteiger partial charge in [0, 0.05) is 12.5 Å². The zero-order chi connectivity index (χ0) is 14.0. The fraction of sp³-hybridized carbons (Fsp3) is 0.333. The Hall–Kier alpha value is -2.10. The number of ether oxygens (including phenoxy) is 1. The fourth-order valence-electron chi connectivity index (χ4n) is 2.17. The first kappa shape index (κ1) is 13.3. The lowest BCUT2D eigenvalue weighted by Crippen LogP contribution is -2.32. The van der Waals surface area contributed by atoms with Crippen molar-refractivity contribution in [3.05, 3.63) is 41.3 Å². The molecular weight excluding hydrogens is 240 g/mol. The van der Waals surface area contributed by atoms with Crippen LogP contribution in [-0.4, -0.2) is 18.1 Å². The Kier molecular flexibility index (Phi) is 3.69. The monoisotopic (exact) mass is 259 g/mol. The molecular formula is C15H19N2O2+. The second-order valence-electron chi connectivity index (χ2n) is 4.56. The van der Waals surface area contributed by atoms with Gasteiger partial charge in [0.15, 0.2) is 5.69 Å². The summed E-state index contributed by atoms with van der Waals surface area (Å²) in [5, 5.41) is 0. The number of benzene rings is 1. The summed E-state index contributed by atoms with van der Waals surface area (Å²) in [5.74, 6) is 0.785. The maximum Gasteiger partial charge on any atom is 0.337 e. The molecule has 2 aromatic rings. The number of esters is 1. The summed E-state index contributed by atoms with van der Waals surface area (Å²) in [4.78, 5) is 14.9. The molecule has 0 aliphatic rings. The highest BCUT2D eigenvalue weighted by atomic mass is 16.5. The largest absolute Gasteiger partial charge is 0.465 e. The molecule has 0 bridgehead atoms. The van der Waals surface area contributed by atoms with E-state index in [1.165, 1.54) is 7.11 Å². The topological polar surface area (TPSA) is 46.0 Å². The van der Waals surface area contributed by atoms with Crippen LogP contribution in [0.15, 0.2) is 24.4 Å². The molecule has 0 aliphatic carbocycles. The smallest absolute Gasteiger partial charge is 0.337 e. The van der Waals surface area contributed by atoms with E-state index in [9.17, 15) is 4.79 Å². The van der Waals surface area contributed by atoms with Crippen LogP contribution in [0.2, 0.25) is 0 Å². The van der Waals surface area contributed by atoms with E-state index in [1.54, 1.807) is 6.07 Å². The second kappa shape index (κ2) is 5.26. The minimum absolute atomic E-state index is 0.312. The molecule has 4 heteroatoms. The number of hydrogen-bond acceptors (Lipinski definition) is 2. The first-order chi connectivity index (χ1) is 9.06. The molecule has 0 amide bonds. The van der Waals surface area contributed by atoms with Crippen LogP contribution in [0.1, 0.15) is 28.7 Å². The van der Waals surface area contributed by atoms with Crippen molar-refractivity contribution in [1.29, 1.82) is 0 Å². The predicted octanol–water partition coefficient (Wildman–Crippen LogP) is 2.39. The zero-order valence-electron chi connectivity index (χ0n) is 11.8. The van der Waals surface area contributed by atoms with Crippen molar-refractivity contribution in [3.63, 3.8) is 0 Å². The van der Waals surface area contributed by atoms with Gasteiger partial charge in [-0.3, -0.25) is 0 Å². The van der Waals surface area contributed by atoms with Crippen molar-refractivity contribution < 1.29 is 14.1 Å². The van der Waals surface area contributed by atoms with Gasteiger partial charge in [-0.2, -0.15) is 0 Å². The lowest BCUT2D eigenvalue weighted by Gasteiger charge is -2.04. The first-order valence-corrected chi connectivity index (χ1v) is 6.35. The molecule has 0 saturated carbocycles. The van der Waals surface area contributed by atoms with E-state index in [4.69, 9.17) is 4.74 Å². The molecule has 1 aromatic carbocycles. The Balaban J connectivity index is 2.51. The highest BCUT2D eigenvalue weighted by Crippen LogP contribution is 2.23. The lowest BCUT2D eigenvalue weighted by molar-refractivity contribution is -0.697. The number of aromatic amines is 1. The number of carbonyl (C=O) groups is 1. The first-order valence-electron chi connectivity index (χ1n) is 6.35. The van der Waals surface area contributed by atoms with Crippen molar-refractivity contribution >= 4 is 5.97 Å². The van der Waals surface area contributed by atoms with E-state index in [1.807, 2.05) is 26.0 Å². The molecule has 0 unspecified atom stereocenters. The molecule has 1 heterocycles. The molecule has 0 aliphatic heterocycles. The van der Waals surface area contributed by atoms with Crippen LogP contribution in [0.25, 0.3) is 11.3 Å². The fourth-order valence-corrected chi connectivity index (χ4v) is 2.17. The third-order valence-electron chi connectivity index (χ3n) is 3.32. The molecule has 1 aromatic heterocycles. The molecule has 0 atom stereocenters. The van der Waals surface area contributed by atoms with Gasteiger partial charge in [-0.1, -0.05) is 6.07 Å². The third kappa shape index (κ3) is 2.52. The van der Waals surface area contributed by atoms with Crippen molar-refractivity contribution in [1.82, 2.24) is 4.98 Å². The van der Waals surface area contributed by atoms with Crippen LogP contribution in [0, 0.1) is 13.8 Å². The zero-order valence-corrected chi connectivity index (χ0v) is 11.8. The number of rotatable bonds is 3. The van der Waals surface area contributed by atoms with E-state index in [-0.39, 0.29) is 5.97 Å². The standard InChI is InChI=1S/C15H18N2O2/c1-5-17-9-14(16-11(17)3)13-8-12(15(18)19-4)7-6-10(13)2/h6-9H,5H2,1-4H3/p+1. The van der Waals surface area contributed by atoms with Crippen molar-refractivity contribution in [2.75, 3.05) is 7.11 Å². The summed E-state index contributed by atoms with van der Waals surface area (Å²) in [6.07, 6.45) is 2.07. The number of aryl methyl sites for hydroxylation is 3. The Bertz CT molecular complexity index is 615. The predicted molar refractivity (Wildman–Crippen MR) is 72.9 cm³/mol. The number of aromatic nitrogens is 2. The molecule has 0 radical (unpaired) electrons. The highest BCUT2D eigenvalue weighted by molar-refractivity contribution is 5.91. The molecule has 19 heavy (non-hydrogen) atoms. The van der Waals surface area contributed by atoms with E-state index in [2.05, 4.69) is 22.7 Å². The van der Waals surface area contributed by atoms with E-state index >= 15 is 0 Å². The Labute approximate surface area is 113 Å². The minimum atomic E-state index is -0.312. The van der Waals surface area contributed by atoms with Crippen LogP contribution >= 0.6 is 0 Å². The normalized spacial score (nSPS) is 10.5. The SMILES string of the molecule is CC[n+]1cc(-c2cc(C(=O)OC)ccc2C)[nH]c1C. The summed E-state index contributed by atoms with van der Waals surface area (Å²) < 4.78 is 6.90. The minimum Gasteiger partial charge on any atom is -0.465 e. The number of imidazole rings is 1. The second-order valence-corrected chi connectivity index (χ2v) is 4.56. The molecule has 100 valence electrons. The maximum absolute atomic E-state index is 11.6. The molecule has 4 nitrogen and oxygen atoms in total. The maximum atomic E-state index is 11.6. The van der Waals surface area contributed by atoms with Crippen molar-refractivity contribution in [3.8, 4) is 11.3 Å². The molecule has 0 fully saturated rings. The summed E-state index contributed by atoms with van der Waals surface area (Å²) in [5.41, 5.74) is 3.73. The highest BCUT2D eigenvalue weighted by Gasteiger charge is 2.16. The summed E-state index contributed by atoms with van der Waals surface area (Å²) in [7, 11) is 1.39. The van der Waals surface area contributed by atoms with Crippen LogP contribution in [-0.2, 0) is 11.3 Å². The van der Waals surface area contributed by atoms with Gasteiger partial charge in [0.05, 0.1) is 19.2 Å². The van der Waals surface area contributed by atoms with Crippen LogP contribution in [0.4, 0.5) is 0 Å². The lowest BCUT2D eigenvalue weighted by atomic mass is 10.0. The Morgan fingerprint density at radius 3 is 2.68 bits per heavy atom. The summed E-state index contributed by atoms with van der Waals surface area (Å²) >= 11 is 0. The molecule has 2 rings (SSSR count). The van der Waals surface area contributed by atoms with Gasteiger partial charge in [0.2, 0.25) is 0 Å². The summed E-state index contributed by atoms with van der Waals surface area (Å²) in [6, 6.07) is 5.59. The Morgan fingerprint density at radius 2 is 2.11 bits per heavy atom. The average molecular weight is 259 g/mol. The van der Waals surface area contributed by atoms with E-state index in [0.29, 0.717) is 5.56 Å². The van der Waals surface area contributed by atoms with Crippen molar-refractivity contribution in [2.24, 2.45) is 0 Å². The van der Waals surface area contributed by atoms with Gasteiger partial charge >= 0.3 is 5.97 Å². The van der Waals surface area contributed by atoms with Gasteiger partial charge in [-0.25, -0.2) is 14.3 Å². The van der Waals surface area contributed by atoms with Gasteiger partial charge in [0.25, 0.3) is 5.82 Å². The quantitative estimate of drug-likeness (QED) is 0.679. The molecule has 1 N–H and O–H groups in total. The van der Waals surface area contributed by atoms with Gasteiger partial charge in [-0.15, -0.1) is 0 Å². The molecule has 0 spiro atoms. The van der Waals surface area contributed by atoms with Crippen molar-refractivity contribution in [2.45, 2.75) is 27.3 Å². The molecule has 0 saturated heterocycles. The van der Waals surface area contributed by atoms with E-state index < -0.39 is 0 Å². The number of methoxy groups -OCH3 is 1. The average Bonchev–Trinajstić information content (AvgIpc) is 2.79. The summed E-state index contributed by atoms with van der Waals surface area (Å²) in [6.45, 7) is 7.08. The Morgan fingerprint density at radius 1 is 1.37 bits per heavy atom. The van der Waals surface area contributed by atoms with Crippen LogP contribution in [0.5, 0.6) is 0 Å². The number of nitrogens with one attached hydrogen (secondary N) is 1. The third-order valence-corrected chi connectivity index (χ3v) is 3.32. The number of nitrogens with zero attached hydrogens (tertiary/aromatic N) is 1.